The quantitative estimate of drug-likeness (QED) is 0.170. The molecule has 0 bridgehead atoms. The molecule has 3 aromatic heterocycles. The summed E-state index contributed by atoms with van der Waals surface area (Å²) in [5.41, 5.74) is 9.36. The van der Waals surface area contributed by atoms with Crippen LogP contribution >= 0.6 is 0 Å². The molecule has 0 saturated heterocycles. The molecule has 0 aliphatic carbocycles. The number of hydrogen-bond acceptors (Lipinski definition) is 2. The first-order valence-corrected chi connectivity index (χ1v) is 19.1. The first-order valence-electron chi connectivity index (χ1n) is 19.1. The molecule has 0 amide bonds. The molecule has 4 nitrogen and oxygen atoms in total. The molecule has 4 heteroatoms. The van der Waals surface area contributed by atoms with Crippen LogP contribution in [-0.2, 0) is 0 Å². The molecule has 0 saturated carbocycles. The van der Waals surface area contributed by atoms with Crippen molar-refractivity contribution in [2.45, 2.75) is 0 Å². The van der Waals surface area contributed by atoms with Crippen LogP contribution in [0.3, 0.4) is 0 Å². The van der Waals surface area contributed by atoms with E-state index in [1.165, 1.54) is 48.5 Å². The number of aromatic nitrogens is 4. The molecule has 0 radical (unpaired) electrons. The van der Waals surface area contributed by atoms with Gasteiger partial charge in [-0.05, 0) is 51.9 Å². The molecule has 0 aliphatic rings. The average Bonchev–Trinajstić information content (AvgIpc) is 3.81. The lowest BCUT2D eigenvalue weighted by Gasteiger charge is -2.17. The van der Waals surface area contributed by atoms with Gasteiger partial charge in [-0.3, -0.25) is 4.57 Å². The molecule has 0 spiro atoms. The molecule has 0 aliphatic heterocycles. The van der Waals surface area contributed by atoms with Gasteiger partial charge in [0.1, 0.15) is 0 Å². The van der Waals surface area contributed by atoms with Gasteiger partial charge in [0.25, 0.3) is 0 Å². The number of fused-ring (bicyclic) bond motifs is 15. The molecular weight excluding hydrogens is 681 g/mol. The Hall–Kier alpha value is -7.56. The van der Waals surface area contributed by atoms with Crippen LogP contribution in [0.4, 0.5) is 0 Å². The molecule has 3 heterocycles. The van der Waals surface area contributed by atoms with Crippen molar-refractivity contribution < 1.29 is 0 Å². The summed E-state index contributed by atoms with van der Waals surface area (Å²) in [7, 11) is 0. The van der Waals surface area contributed by atoms with Gasteiger partial charge in [-0.15, -0.1) is 0 Å². The zero-order valence-corrected chi connectivity index (χ0v) is 30.3. The smallest absolute Gasteiger partial charge is 0.235 e. The molecule has 56 heavy (non-hydrogen) atoms. The monoisotopic (exact) mass is 712 g/mol. The highest BCUT2D eigenvalue weighted by atomic mass is 15.2. The maximum atomic E-state index is 5.47. The normalized spacial score (nSPS) is 11.9. The van der Waals surface area contributed by atoms with E-state index in [4.69, 9.17) is 9.97 Å². The molecule has 12 rings (SSSR count). The van der Waals surface area contributed by atoms with E-state index < -0.39 is 0 Å². The molecule has 0 fully saturated rings. The van der Waals surface area contributed by atoms with Crippen molar-refractivity contribution in [1.29, 1.82) is 0 Å². The minimum Gasteiger partial charge on any atom is -0.307 e. The number of benzene rings is 9. The lowest BCUT2D eigenvalue weighted by Crippen LogP contribution is -2.05. The van der Waals surface area contributed by atoms with Gasteiger partial charge in [0.05, 0.1) is 33.5 Å². The van der Waals surface area contributed by atoms with E-state index in [9.17, 15) is 0 Å². The molecule has 0 atom stereocenters. The van der Waals surface area contributed by atoms with E-state index in [1.54, 1.807) is 0 Å². The average molecular weight is 713 g/mol. The van der Waals surface area contributed by atoms with E-state index in [0.29, 0.717) is 5.95 Å². The van der Waals surface area contributed by atoms with Crippen LogP contribution < -0.4 is 0 Å². The number of nitrogens with zero attached hydrogens (tertiary/aromatic N) is 4. The highest BCUT2D eigenvalue weighted by molar-refractivity contribution is 6.45. The van der Waals surface area contributed by atoms with Crippen LogP contribution in [0.2, 0.25) is 0 Å². The van der Waals surface area contributed by atoms with Crippen molar-refractivity contribution in [3.8, 4) is 34.2 Å². The molecule has 9 aromatic carbocycles. The molecule has 0 unspecified atom stereocenters. The van der Waals surface area contributed by atoms with E-state index in [2.05, 4.69) is 203 Å². The number of hydrogen-bond donors (Lipinski definition) is 0. The minimum absolute atomic E-state index is 0.631. The van der Waals surface area contributed by atoms with Gasteiger partial charge in [-0.1, -0.05) is 164 Å². The maximum absolute atomic E-state index is 5.47. The van der Waals surface area contributed by atoms with Gasteiger partial charge < -0.3 is 4.57 Å². The first-order chi connectivity index (χ1) is 27.8. The van der Waals surface area contributed by atoms with Crippen LogP contribution in [0.5, 0.6) is 0 Å². The Kier molecular flexibility index (Phi) is 6.60. The Morgan fingerprint density at radius 2 is 0.679 bits per heavy atom. The van der Waals surface area contributed by atoms with Crippen molar-refractivity contribution >= 4 is 75.9 Å². The summed E-state index contributed by atoms with van der Waals surface area (Å²) in [5, 5.41) is 12.3. The second-order valence-electron chi connectivity index (χ2n) is 14.5. The lowest BCUT2D eigenvalue weighted by atomic mass is 9.89. The standard InChI is InChI=1S/C52H32N4/c1-4-18-33(19-5-1)42-32-43(34-20-6-2-7-21-34)54-52(53-42)56-45-31-17-15-29-41(45)49-47-39-27-13-11-25-37(39)36-24-10-12-26-38(36)46(47)48-40-28-14-16-30-44(40)55(50(48)51(49)56)35-22-8-3-9-23-35/h1-32H. The second kappa shape index (κ2) is 12.0. The number of para-hydroxylation sites is 3. The fraction of sp³-hybridized carbons (Fsp3) is 0. The third-order valence-electron chi connectivity index (χ3n) is 11.5. The predicted octanol–water partition coefficient (Wildman–Crippen LogP) is 13.5. The van der Waals surface area contributed by atoms with Crippen LogP contribution in [0, 0.1) is 0 Å². The fourth-order valence-electron chi connectivity index (χ4n) is 9.20. The van der Waals surface area contributed by atoms with Gasteiger partial charge in [0, 0.05) is 49.1 Å². The zero-order chi connectivity index (χ0) is 36.7. The van der Waals surface area contributed by atoms with Crippen LogP contribution in [0.1, 0.15) is 0 Å². The zero-order valence-electron chi connectivity index (χ0n) is 30.3. The summed E-state index contributed by atoms with van der Waals surface area (Å²) in [6, 6.07) is 69.3. The van der Waals surface area contributed by atoms with E-state index in [0.717, 1.165) is 55.7 Å². The van der Waals surface area contributed by atoms with Crippen LogP contribution in [-0.4, -0.2) is 19.1 Å². The van der Waals surface area contributed by atoms with Crippen molar-refractivity contribution in [1.82, 2.24) is 19.1 Å². The summed E-state index contributed by atoms with van der Waals surface area (Å²) in [6.07, 6.45) is 0. The van der Waals surface area contributed by atoms with Gasteiger partial charge in [0.15, 0.2) is 0 Å². The summed E-state index contributed by atoms with van der Waals surface area (Å²) < 4.78 is 4.80. The van der Waals surface area contributed by atoms with Crippen molar-refractivity contribution in [2.24, 2.45) is 0 Å². The first kappa shape index (κ1) is 30.9. The third kappa shape index (κ3) is 4.35. The van der Waals surface area contributed by atoms with Crippen LogP contribution in [0.25, 0.3) is 110 Å². The summed E-state index contributed by atoms with van der Waals surface area (Å²) >= 11 is 0. The SMILES string of the molecule is c1ccc(-c2cc(-c3ccccc3)nc(-n3c4ccccc4c4c5c6ccccc6c6ccccc6c5c5c6ccccc6n(-c6ccccc6)c5c43)n2)cc1. The van der Waals surface area contributed by atoms with Crippen molar-refractivity contribution in [2.75, 3.05) is 0 Å². The Labute approximate surface area is 322 Å². The largest absolute Gasteiger partial charge is 0.307 e. The predicted molar refractivity (Wildman–Crippen MR) is 234 cm³/mol. The summed E-state index contributed by atoms with van der Waals surface area (Å²) in [5.74, 6) is 0.631. The minimum atomic E-state index is 0.631. The van der Waals surface area contributed by atoms with Gasteiger partial charge >= 0.3 is 0 Å². The molecule has 12 aromatic rings. The van der Waals surface area contributed by atoms with Gasteiger partial charge in [-0.2, -0.15) is 0 Å². The Bertz CT molecular complexity index is 3450. The lowest BCUT2D eigenvalue weighted by molar-refractivity contribution is 0.995. The Morgan fingerprint density at radius 3 is 1.18 bits per heavy atom. The van der Waals surface area contributed by atoms with Crippen LogP contribution in [0.15, 0.2) is 194 Å². The number of rotatable bonds is 4. The maximum Gasteiger partial charge on any atom is 0.235 e. The Balaban J connectivity index is 1.40. The van der Waals surface area contributed by atoms with E-state index >= 15 is 0 Å². The fourth-order valence-corrected chi connectivity index (χ4v) is 9.20. The Morgan fingerprint density at radius 1 is 0.304 bits per heavy atom. The molecular formula is C52H32N4. The highest BCUT2D eigenvalue weighted by Gasteiger charge is 2.28. The molecule has 0 N–H and O–H groups in total. The molecule has 260 valence electrons. The van der Waals surface area contributed by atoms with Crippen molar-refractivity contribution in [3.05, 3.63) is 194 Å². The highest BCUT2D eigenvalue weighted by Crippen LogP contribution is 2.50. The second-order valence-corrected chi connectivity index (χ2v) is 14.5. The van der Waals surface area contributed by atoms with E-state index in [-0.39, 0.29) is 0 Å². The topological polar surface area (TPSA) is 35.6 Å². The van der Waals surface area contributed by atoms with Gasteiger partial charge in [-0.25, -0.2) is 9.97 Å². The van der Waals surface area contributed by atoms with E-state index in [1.807, 2.05) is 0 Å². The summed E-state index contributed by atoms with van der Waals surface area (Å²) in [4.78, 5) is 10.9. The van der Waals surface area contributed by atoms with Gasteiger partial charge in [0.2, 0.25) is 5.95 Å². The third-order valence-corrected chi connectivity index (χ3v) is 11.5. The summed E-state index contributed by atoms with van der Waals surface area (Å²) in [6.45, 7) is 0. The van der Waals surface area contributed by atoms with Crippen molar-refractivity contribution in [3.63, 3.8) is 0 Å².